The average molecular weight is 298 g/mol. The molecule has 0 atom stereocenters. The molecule has 0 fully saturated rings. The molecule has 0 amide bonds. The van der Waals surface area contributed by atoms with Crippen LogP contribution in [0.2, 0.25) is 0 Å². The second-order valence-corrected chi connectivity index (χ2v) is 5.47. The molecule has 0 saturated carbocycles. The van der Waals surface area contributed by atoms with Gasteiger partial charge in [0.1, 0.15) is 0 Å². The monoisotopic (exact) mass is 298 g/mol. The first-order valence-corrected chi connectivity index (χ1v) is 7.34. The Labute approximate surface area is 126 Å². The second-order valence-electron chi connectivity index (χ2n) is 4.56. The maximum absolute atomic E-state index is 11.4. The van der Waals surface area contributed by atoms with Gasteiger partial charge in [0.2, 0.25) is 0 Å². The van der Waals surface area contributed by atoms with E-state index in [0.717, 1.165) is 22.1 Å². The van der Waals surface area contributed by atoms with Crippen LogP contribution in [0, 0.1) is 0 Å². The molecule has 0 saturated heterocycles. The summed E-state index contributed by atoms with van der Waals surface area (Å²) in [4.78, 5) is 11.4. The topological polar surface area (TPSA) is 35.5 Å². The van der Waals surface area contributed by atoms with E-state index in [-0.39, 0.29) is 0 Å². The predicted octanol–water partition coefficient (Wildman–Crippen LogP) is 4.40. The van der Waals surface area contributed by atoms with Crippen LogP contribution in [0.1, 0.15) is 10.4 Å². The third-order valence-electron chi connectivity index (χ3n) is 3.45. The summed E-state index contributed by atoms with van der Waals surface area (Å²) in [5.41, 5.74) is 2.48. The Balaban J connectivity index is 2.30. The number of hydrogen-bond acceptors (Lipinski definition) is 4. The van der Waals surface area contributed by atoms with Gasteiger partial charge in [0.25, 0.3) is 0 Å². The van der Waals surface area contributed by atoms with Gasteiger partial charge in [-0.3, -0.25) is 4.79 Å². The van der Waals surface area contributed by atoms with Crippen molar-refractivity contribution in [2.24, 2.45) is 0 Å². The molecule has 1 aromatic heterocycles. The van der Waals surface area contributed by atoms with Crippen LogP contribution in [0.3, 0.4) is 0 Å². The van der Waals surface area contributed by atoms with Crippen LogP contribution < -0.4 is 9.47 Å². The number of thiophene rings is 1. The molecule has 106 valence electrons. The van der Waals surface area contributed by atoms with Crippen LogP contribution in [-0.4, -0.2) is 20.5 Å². The quantitative estimate of drug-likeness (QED) is 0.670. The number of carbonyl (C=O) groups is 1. The summed E-state index contributed by atoms with van der Waals surface area (Å²) in [5.74, 6) is 1.17. The SMILES string of the molecule is COc1cc(C=O)c(-c2cccc3ccsc23)cc1OC. The smallest absolute Gasteiger partial charge is 0.161 e. The van der Waals surface area contributed by atoms with E-state index in [4.69, 9.17) is 9.47 Å². The summed E-state index contributed by atoms with van der Waals surface area (Å²) < 4.78 is 11.8. The van der Waals surface area contributed by atoms with E-state index in [0.29, 0.717) is 17.1 Å². The van der Waals surface area contributed by atoms with E-state index in [1.54, 1.807) is 31.6 Å². The van der Waals surface area contributed by atoms with Gasteiger partial charge in [-0.15, -0.1) is 11.3 Å². The molecule has 0 N–H and O–H groups in total. The lowest BCUT2D eigenvalue weighted by atomic mass is 9.98. The van der Waals surface area contributed by atoms with Crippen molar-refractivity contribution in [3.05, 3.63) is 47.3 Å². The normalized spacial score (nSPS) is 10.6. The summed E-state index contributed by atoms with van der Waals surface area (Å²) in [7, 11) is 3.15. The fourth-order valence-electron chi connectivity index (χ4n) is 2.43. The van der Waals surface area contributed by atoms with Crippen molar-refractivity contribution in [2.75, 3.05) is 14.2 Å². The minimum atomic E-state index is 0.557. The van der Waals surface area contributed by atoms with Gasteiger partial charge in [0, 0.05) is 15.8 Å². The van der Waals surface area contributed by atoms with Crippen molar-refractivity contribution >= 4 is 27.7 Å². The van der Waals surface area contributed by atoms with E-state index < -0.39 is 0 Å². The number of fused-ring (bicyclic) bond motifs is 1. The van der Waals surface area contributed by atoms with E-state index in [1.807, 2.05) is 18.2 Å². The van der Waals surface area contributed by atoms with Crippen LogP contribution in [0.25, 0.3) is 21.2 Å². The standard InChI is InChI=1S/C17H14O3S/c1-19-15-8-12(10-18)14(9-16(15)20-2)13-5-3-4-11-6-7-21-17(11)13/h3-10H,1-2H3. The van der Waals surface area contributed by atoms with Crippen molar-refractivity contribution in [3.8, 4) is 22.6 Å². The first kappa shape index (κ1) is 13.6. The summed E-state index contributed by atoms with van der Waals surface area (Å²) in [5, 5.41) is 3.22. The van der Waals surface area contributed by atoms with Crippen molar-refractivity contribution in [1.82, 2.24) is 0 Å². The molecule has 2 aromatic carbocycles. The first-order valence-electron chi connectivity index (χ1n) is 6.46. The molecule has 0 aliphatic carbocycles. The second kappa shape index (κ2) is 5.58. The van der Waals surface area contributed by atoms with Gasteiger partial charge < -0.3 is 9.47 Å². The number of hydrogen-bond donors (Lipinski definition) is 0. The van der Waals surface area contributed by atoms with Crippen molar-refractivity contribution in [2.45, 2.75) is 0 Å². The Bertz CT molecular complexity index is 805. The number of ether oxygens (including phenoxy) is 2. The lowest BCUT2D eigenvalue weighted by Crippen LogP contribution is -1.95. The van der Waals surface area contributed by atoms with Gasteiger partial charge >= 0.3 is 0 Å². The molecule has 21 heavy (non-hydrogen) atoms. The van der Waals surface area contributed by atoms with Gasteiger partial charge in [-0.25, -0.2) is 0 Å². The fraction of sp³-hybridized carbons (Fsp3) is 0.118. The molecule has 0 bridgehead atoms. The predicted molar refractivity (Wildman–Crippen MR) is 85.8 cm³/mol. The molecule has 1 heterocycles. The van der Waals surface area contributed by atoms with Crippen LogP contribution in [0.4, 0.5) is 0 Å². The highest BCUT2D eigenvalue weighted by Gasteiger charge is 2.14. The van der Waals surface area contributed by atoms with Gasteiger partial charge in [-0.05, 0) is 34.5 Å². The summed E-state index contributed by atoms with van der Waals surface area (Å²) in [6, 6.07) is 11.7. The molecule has 3 nitrogen and oxygen atoms in total. The number of methoxy groups -OCH3 is 2. The molecule has 0 radical (unpaired) electrons. The minimum Gasteiger partial charge on any atom is -0.493 e. The molecule has 3 aromatic rings. The summed E-state index contributed by atoms with van der Waals surface area (Å²) in [6.07, 6.45) is 0.851. The Morgan fingerprint density at radius 2 is 1.76 bits per heavy atom. The third-order valence-corrected chi connectivity index (χ3v) is 4.42. The molecule has 0 spiro atoms. The van der Waals surface area contributed by atoms with E-state index >= 15 is 0 Å². The summed E-state index contributed by atoms with van der Waals surface area (Å²) >= 11 is 1.66. The molecular weight excluding hydrogens is 284 g/mol. The van der Waals surface area contributed by atoms with Crippen LogP contribution in [-0.2, 0) is 0 Å². The van der Waals surface area contributed by atoms with E-state index in [1.165, 1.54) is 5.39 Å². The average Bonchev–Trinajstić information content (AvgIpc) is 3.02. The van der Waals surface area contributed by atoms with Crippen LogP contribution in [0.5, 0.6) is 11.5 Å². The number of aldehydes is 1. The van der Waals surface area contributed by atoms with Crippen molar-refractivity contribution < 1.29 is 14.3 Å². The Kier molecular flexibility index (Phi) is 3.62. The zero-order chi connectivity index (χ0) is 14.8. The van der Waals surface area contributed by atoms with Crippen molar-refractivity contribution in [3.63, 3.8) is 0 Å². The minimum absolute atomic E-state index is 0.557. The highest BCUT2D eigenvalue weighted by molar-refractivity contribution is 7.17. The molecular formula is C17H14O3S. The number of rotatable bonds is 4. The maximum Gasteiger partial charge on any atom is 0.161 e. The van der Waals surface area contributed by atoms with E-state index in [9.17, 15) is 4.79 Å². The molecule has 4 heteroatoms. The summed E-state index contributed by atoms with van der Waals surface area (Å²) in [6.45, 7) is 0. The maximum atomic E-state index is 11.4. The third kappa shape index (κ3) is 2.28. The van der Waals surface area contributed by atoms with Crippen LogP contribution in [0.15, 0.2) is 41.8 Å². The highest BCUT2D eigenvalue weighted by Crippen LogP contribution is 2.39. The van der Waals surface area contributed by atoms with Gasteiger partial charge in [-0.1, -0.05) is 18.2 Å². The fourth-order valence-corrected chi connectivity index (χ4v) is 3.36. The Hall–Kier alpha value is -2.33. The molecule has 0 aliphatic heterocycles. The van der Waals surface area contributed by atoms with Gasteiger partial charge in [-0.2, -0.15) is 0 Å². The lowest BCUT2D eigenvalue weighted by Gasteiger charge is -2.13. The largest absolute Gasteiger partial charge is 0.493 e. The van der Waals surface area contributed by atoms with Crippen LogP contribution >= 0.6 is 11.3 Å². The Morgan fingerprint density at radius 1 is 1.00 bits per heavy atom. The zero-order valence-corrected chi connectivity index (χ0v) is 12.6. The van der Waals surface area contributed by atoms with Crippen molar-refractivity contribution in [1.29, 1.82) is 0 Å². The number of benzene rings is 2. The highest BCUT2D eigenvalue weighted by atomic mass is 32.1. The van der Waals surface area contributed by atoms with Gasteiger partial charge in [0.15, 0.2) is 17.8 Å². The van der Waals surface area contributed by atoms with Gasteiger partial charge in [0.05, 0.1) is 14.2 Å². The van der Waals surface area contributed by atoms with E-state index in [2.05, 4.69) is 17.5 Å². The lowest BCUT2D eigenvalue weighted by molar-refractivity contribution is 0.112. The first-order chi connectivity index (χ1) is 10.3. The Morgan fingerprint density at radius 3 is 2.48 bits per heavy atom. The molecule has 0 unspecified atom stereocenters. The molecule has 0 aliphatic rings. The zero-order valence-electron chi connectivity index (χ0n) is 11.8. The molecule has 3 rings (SSSR count). The number of carbonyl (C=O) groups excluding carboxylic acids is 1.